The Morgan fingerprint density at radius 2 is 1.71 bits per heavy atom. The average Bonchev–Trinajstić information content (AvgIpc) is 3.59. The summed E-state index contributed by atoms with van der Waals surface area (Å²) < 4.78 is 50.3. The smallest absolute Gasteiger partial charge is 0.317 e. The van der Waals surface area contributed by atoms with E-state index in [1.807, 2.05) is 13.0 Å². The predicted octanol–water partition coefficient (Wildman–Crippen LogP) is 4.31. The Morgan fingerprint density at radius 3 is 2.49 bits per heavy atom. The van der Waals surface area contributed by atoms with Gasteiger partial charge in [0.2, 0.25) is 6.79 Å². The minimum absolute atomic E-state index is 0.133. The van der Waals surface area contributed by atoms with Crippen molar-refractivity contribution in [2.75, 3.05) is 13.9 Å². The Bertz CT molecular complexity index is 1590. The quantitative estimate of drug-likeness (QED) is 0.393. The third-order valence-corrected chi connectivity index (χ3v) is 8.17. The lowest BCUT2D eigenvalue weighted by molar-refractivity contribution is -0.144. The van der Waals surface area contributed by atoms with Crippen LogP contribution in [-0.4, -0.2) is 32.3 Å². The first kappa shape index (κ1) is 21.5. The molecule has 0 spiro atoms. The first-order valence-electron chi connectivity index (χ1n) is 11.0. The summed E-state index contributed by atoms with van der Waals surface area (Å²) in [6, 6.07) is 17.2. The lowest BCUT2D eigenvalue weighted by Gasteiger charge is -2.18. The molecule has 3 heterocycles. The van der Waals surface area contributed by atoms with E-state index >= 15 is 0 Å². The van der Waals surface area contributed by atoms with Crippen LogP contribution in [0.25, 0.3) is 10.9 Å². The summed E-state index contributed by atoms with van der Waals surface area (Å²) in [7, 11) is -2.52. The predicted molar refractivity (Wildman–Crippen MR) is 126 cm³/mol. The van der Waals surface area contributed by atoms with Crippen LogP contribution >= 0.6 is 0 Å². The SMILES string of the molecule is COC(=O)[C@H]1c2c(ccc3c2ccn3S(=O)(=O)c2ccc(C)cc2)O[C@@H]1c1ccc2c(c1)OCO2. The third-order valence-electron chi connectivity index (χ3n) is 6.46. The van der Waals surface area contributed by atoms with E-state index in [0.717, 1.165) is 11.1 Å². The summed E-state index contributed by atoms with van der Waals surface area (Å²) in [5.41, 5.74) is 2.73. The lowest BCUT2D eigenvalue weighted by atomic mass is 9.89. The summed E-state index contributed by atoms with van der Waals surface area (Å²) in [5.74, 6) is 0.428. The number of fused-ring (bicyclic) bond motifs is 4. The zero-order valence-electron chi connectivity index (χ0n) is 18.9. The van der Waals surface area contributed by atoms with Crippen molar-refractivity contribution in [2.24, 2.45) is 0 Å². The molecule has 0 aliphatic carbocycles. The van der Waals surface area contributed by atoms with Gasteiger partial charge in [-0.15, -0.1) is 0 Å². The van der Waals surface area contributed by atoms with Crippen LogP contribution < -0.4 is 14.2 Å². The number of carbonyl (C=O) groups is 1. The zero-order chi connectivity index (χ0) is 24.3. The van der Waals surface area contributed by atoms with E-state index in [2.05, 4.69) is 0 Å². The van der Waals surface area contributed by atoms with Crippen molar-refractivity contribution in [1.82, 2.24) is 3.97 Å². The van der Waals surface area contributed by atoms with Crippen molar-refractivity contribution >= 4 is 26.9 Å². The van der Waals surface area contributed by atoms with Crippen LogP contribution in [0.5, 0.6) is 17.2 Å². The maximum absolute atomic E-state index is 13.4. The summed E-state index contributed by atoms with van der Waals surface area (Å²) >= 11 is 0. The van der Waals surface area contributed by atoms with Crippen LogP contribution in [0.1, 0.15) is 28.7 Å². The molecule has 0 unspecified atom stereocenters. The van der Waals surface area contributed by atoms with Gasteiger partial charge in [-0.05, 0) is 55.0 Å². The van der Waals surface area contributed by atoms with Crippen molar-refractivity contribution in [3.8, 4) is 17.2 Å². The van der Waals surface area contributed by atoms with E-state index in [0.29, 0.717) is 33.7 Å². The maximum Gasteiger partial charge on any atom is 0.317 e. The van der Waals surface area contributed by atoms with Gasteiger partial charge in [0.25, 0.3) is 10.0 Å². The summed E-state index contributed by atoms with van der Waals surface area (Å²) in [6.07, 6.45) is 0.831. The number of hydrogen-bond acceptors (Lipinski definition) is 7. The Labute approximate surface area is 201 Å². The minimum atomic E-state index is -3.84. The molecule has 35 heavy (non-hydrogen) atoms. The Kier molecular flexibility index (Phi) is 4.79. The van der Waals surface area contributed by atoms with Crippen LogP contribution in [-0.2, 0) is 19.6 Å². The van der Waals surface area contributed by atoms with Gasteiger partial charge in [-0.25, -0.2) is 12.4 Å². The van der Waals surface area contributed by atoms with Gasteiger partial charge in [0.1, 0.15) is 17.8 Å². The van der Waals surface area contributed by atoms with E-state index in [1.165, 1.54) is 17.3 Å². The zero-order valence-corrected chi connectivity index (χ0v) is 19.7. The van der Waals surface area contributed by atoms with Crippen LogP contribution in [0.2, 0.25) is 0 Å². The fourth-order valence-electron chi connectivity index (χ4n) is 4.73. The van der Waals surface area contributed by atoms with Crippen LogP contribution in [0, 0.1) is 6.92 Å². The Morgan fingerprint density at radius 1 is 0.971 bits per heavy atom. The van der Waals surface area contributed by atoms with E-state index in [-0.39, 0.29) is 11.7 Å². The van der Waals surface area contributed by atoms with Crippen LogP contribution in [0.4, 0.5) is 0 Å². The molecule has 0 radical (unpaired) electrons. The number of methoxy groups -OCH3 is 1. The number of esters is 1. The van der Waals surface area contributed by atoms with E-state index in [4.69, 9.17) is 18.9 Å². The summed E-state index contributed by atoms with van der Waals surface area (Å²) in [4.78, 5) is 13.2. The first-order chi connectivity index (χ1) is 16.9. The number of ether oxygens (including phenoxy) is 4. The molecule has 0 fully saturated rings. The molecule has 0 amide bonds. The minimum Gasteiger partial charge on any atom is -0.484 e. The van der Waals surface area contributed by atoms with E-state index in [9.17, 15) is 13.2 Å². The number of benzene rings is 3. The molecular weight excluding hydrogens is 470 g/mol. The number of aromatic nitrogens is 1. The molecule has 3 aromatic carbocycles. The molecule has 0 saturated carbocycles. The average molecular weight is 492 g/mol. The second-order valence-electron chi connectivity index (χ2n) is 8.49. The highest BCUT2D eigenvalue weighted by Gasteiger charge is 2.43. The molecule has 8 nitrogen and oxygen atoms in total. The van der Waals surface area contributed by atoms with Crippen LogP contribution in [0.15, 0.2) is 71.8 Å². The molecule has 0 N–H and O–H groups in total. The molecule has 0 saturated heterocycles. The van der Waals surface area contributed by atoms with Crippen molar-refractivity contribution < 1.29 is 32.2 Å². The van der Waals surface area contributed by atoms with E-state index in [1.54, 1.807) is 54.6 Å². The molecule has 1 aromatic heterocycles. The van der Waals surface area contributed by atoms with Gasteiger partial charge in [0, 0.05) is 17.1 Å². The lowest BCUT2D eigenvalue weighted by Crippen LogP contribution is -2.20. The number of aryl methyl sites for hydroxylation is 1. The Balaban J connectivity index is 1.48. The van der Waals surface area contributed by atoms with Gasteiger partial charge < -0.3 is 18.9 Å². The van der Waals surface area contributed by atoms with Crippen molar-refractivity contribution in [3.63, 3.8) is 0 Å². The summed E-state index contributed by atoms with van der Waals surface area (Å²) in [6.45, 7) is 2.03. The van der Waals surface area contributed by atoms with Gasteiger partial charge in [0.15, 0.2) is 11.5 Å². The molecule has 0 bridgehead atoms. The second-order valence-corrected chi connectivity index (χ2v) is 10.3. The largest absolute Gasteiger partial charge is 0.484 e. The van der Waals surface area contributed by atoms with Crippen molar-refractivity contribution in [1.29, 1.82) is 0 Å². The summed E-state index contributed by atoms with van der Waals surface area (Å²) in [5, 5.41) is 0.608. The number of rotatable bonds is 4. The highest BCUT2D eigenvalue weighted by molar-refractivity contribution is 7.90. The standard InChI is InChI=1S/C26H21NO7S/c1-15-3-6-17(7-4-15)35(29,30)27-12-11-18-19(27)8-10-21-23(18)24(26(28)31-2)25(34-21)16-5-9-20-22(13-16)33-14-32-20/h3-13,24-25H,14H2,1-2H3/t24-,25+/m0/s1. The fraction of sp³-hybridized carbons (Fsp3) is 0.192. The molecule has 2 aliphatic heterocycles. The van der Waals surface area contributed by atoms with Crippen molar-refractivity contribution in [2.45, 2.75) is 23.8 Å². The van der Waals surface area contributed by atoms with Gasteiger partial charge in [-0.3, -0.25) is 4.79 Å². The van der Waals surface area contributed by atoms with Crippen molar-refractivity contribution in [3.05, 3.63) is 83.6 Å². The highest BCUT2D eigenvalue weighted by atomic mass is 32.2. The van der Waals surface area contributed by atoms with Gasteiger partial charge in [-0.2, -0.15) is 0 Å². The topological polar surface area (TPSA) is 93.1 Å². The number of hydrogen-bond donors (Lipinski definition) is 0. The molecule has 6 rings (SSSR count). The number of carbonyl (C=O) groups excluding carboxylic acids is 1. The number of nitrogens with zero attached hydrogens (tertiary/aromatic N) is 1. The third kappa shape index (κ3) is 3.26. The second kappa shape index (κ2) is 7.78. The fourth-order valence-corrected chi connectivity index (χ4v) is 6.07. The monoisotopic (exact) mass is 491 g/mol. The molecule has 2 atom stereocenters. The molecule has 4 aromatic rings. The highest BCUT2D eigenvalue weighted by Crippen LogP contribution is 2.51. The maximum atomic E-state index is 13.4. The van der Waals surface area contributed by atoms with Gasteiger partial charge in [-0.1, -0.05) is 23.8 Å². The Hall–Kier alpha value is -3.98. The van der Waals surface area contributed by atoms with E-state index < -0.39 is 28.0 Å². The molecule has 178 valence electrons. The van der Waals surface area contributed by atoms with Crippen LogP contribution in [0.3, 0.4) is 0 Å². The molecule has 2 aliphatic rings. The first-order valence-corrected chi connectivity index (χ1v) is 12.4. The molecular formula is C26H21NO7S. The molecule has 9 heteroatoms. The van der Waals surface area contributed by atoms with Gasteiger partial charge in [0.05, 0.1) is 17.5 Å². The normalized spacial score (nSPS) is 18.3. The van der Waals surface area contributed by atoms with Gasteiger partial charge >= 0.3 is 5.97 Å².